The third-order valence-electron chi connectivity index (χ3n) is 0.816. The van der Waals surface area contributed by atoms with E-state index < -0.39 is 0 Å². The molecule has 0 amide bonds. The van der Waals surface area contributed by atoms with E-state index in [0.717, 1.165) is 25.7 Å². The first kappa shape index (κ1) is 17.7. The Morgan fingerprint density at radius 2 is 1.09 bits per heavy atom. The van der Waals surface area contributed by atoms with Gasteiger partial charge in [-0.1, -0.05) is 12.8 Å². The van der Waals surface area contributed by atoms with Crippen molar-refractivity contribution >= 4 is 23.1 Å². The molecule has 0 saturated heterocycles. The second kappa shape index (κ2) is 22.4. The molecule has 0 fully saturated rings. The topological polar surface area (TPSA) is 40.5 Å². The average molecular weight is 171 g/mol. The minimum atomic E-state index is 0. The summed E-state index contributed by atoms with van der Waals surface area (Å²) in [5.74, 6) is 0. The molecule has 0 unspecified atom stereocenters. The molecule has 0 aliphatic rings. The van der Waals surface area contributed by atoms with Crippen molar-refractivity contribution in [1.29, 1.82) is 0 Å². The van der Waals surface area contributed by atoms with Crippen LogP contribution in [0.4, 0.5) is 0 Å². The summed E-state index contributed by atoms with van der Waals surface area (Å²) in [6, 6.07) is 0. The van der Waals surface area contributed by atoms with Crippen molar-refractivity contribution in [3.05, 3.63) is 13.8 Å². The minimum absolute atomic E-state index is 0. The van der Waals surface area contributed by atoms with Crippen molar-refractivity contribution in [3.63, 3.8) is 0 Å². The maximum atomic E-state index is 8.03. The standard InChI is InChI=1S/2C4H9O.Mg/c2*1-2-3-4-5;/h2*5H,1-4H2;/q2*-1;+2. The van der Waals surface area contributed by atoms with Crippen LogP contribution in [0.1, 0.15) is 25.7 Å². The molecule has 0 aliphatic heterocycles. The molecule has 0 aromatic rings. The van der Waals surface area contributed by atoms with Gasteiger partial charge in [-0.25, -0.2) is 0 Å². The Kier molecular flexibility index (Phi) is 36.1. The fourth-order valence-corrected chi connectivity index (χ4v) is 0.224. The van der Waals surface area contributed by atoms with Gasteiger partial charge in [0.1, 0.15) is 0 Å². The first-order chi connectivity index (χ1) is 4.83. The fourth-order valence-electron chi connectivity index (χ4n) is 0.224. The molecule has 0 saturated carbocycles. The zero-order valence-corrected chi connectivity index (χ0v) is 8.67. The van der Waals surface area contributed by atoms with Gasteiger partial charge in [0.05, 0.1) is 0 Å². The van der Waals surface area contributed by atoms with Gasteiger partial charge < -0.3 is 24.1 Å². The Bertz CT molecular complexity index is 33.1. The van der Waals surface area contributed by atoms with Crippen LogP contribution in [0, 0.1) is 13.8 Å². The molecule has 0 aromatic heterocycles. The van der Waals surface area contributed by atoms with Crippen molar-refractivity contribution in [2.45, 2.75) is 25.7 Å². The van der Waals surface area contributed by atoms with Gasteiger partial charge >= 0.3 is 23.1 Å². The monoisotopic (exact) mass is 170 g/mol. The second-order valence-electron chi connectivity index (χ2n) is 1.86. The predicted octanol–water partition coefficient (Wildman–Crippen LogP) is 0.805. The smallest absolute Gasteiger partial charge is 0.396 e. The Morgan fingerprint density at radius 1 is 0.818 bits per heavy atom. The Balaban J connectivity index is -0.000000107. The second-order valence-corrected chi connectivity index (χ2v) is 1.86. The van der Waals surface area contributed by atoms with E-state index in [2.05, 4.69) is 13.8 Å². The molecule has 11 heavy (non-hydrogen) atoms. The molecular weight excluding hydrogens is 152 g/mol. The molecule has 64 valence electrons. The molecule has 0 heterocycles. The summed E-state index contributed by atoms with van der Waals surface area (Å²) in [4.78, 5) is 0. The van der Waals surface area contributed by atoms with E-state index in [1.807, 2.05) is 0 Å². The van der Waals surface area contributed by atoms with Crippen LogP contribution in [0.3, 0.4) is 0 Å². The summed E-state index contributed by atoms with van der Waals surface area (Å²) in [5, 5.41) is 16.1. The molecule has 0 rings (SSSR count). The summed E-state index contributed by atoms with van der Waals surface area (Å²) in [5.41, 5.74) is 0. The summed E-state index contributed by atoms with van der Waals surface area (Å²) < 4.78 is 0. The molecule has 0 spiro atoms. The van der Waals surface area contributed by atoms with Gasteiger partial charge in [0, 0.05) is 13.2 Å². The number of aliphatic hydroxyl groups excluding tert-OH is 2. The largest absolute Gasteiger partial charge is 2.00 e. The summed E-state index contributed by atoms with van der Waals surface area (Å²) >= 11 is 0. The summed E-state index contributed by atoms with van der Waals surface area (Å²) in [6.07, 6.45) is 3.35. The number of unbranched alkanes of at least 4 members (excludes halogenated alkanes) is 2. The van der Waals surface area contributed by atoms with Crippen LogP contribution in [0.25, 0.3) is 0 Å². The number of hydrogen-bond acceptors (Lipinski definition) is 2. The average Bonchev–Trinajstić information content (AvgIpc) is 1.93. The molecule has 0 radical (unpaired) electrons. The van der Waals surface area contributed by atoms with Crippen molar-refractivity contribution in [1.82, 2.24) is 0 Å². The Hall–Kier alpha value is 0.686. The number of hydrogen-bond donors (Lipinski definition) is 2. The molecule has 2 N–H and O–H groups in total. The van der Waals surface area contributed by atoms with Crippen molar-refractivity contribution in [2.75, 3.05) is 13.2 Å². The molecule has 0 aromatic carbocycles. The number of rotatable bonds is 4. The van der Waals surface area contributed by atoms with Crippen LogP contribution >= 0.6 is 0 Å². The van der Waals surface area contributed by atoms with Gasteiger partial charge in [-0.2, -0.15) is 12.8 Å². The molecular formula is C8H18MgO2. The van der Waals surface area contributed by atoms with Gasteiger partial charge in [0.15, 0.2) is 0 Å². The normalized spacial score (nSPS) is 7.64. The van der Waals surface area contributed by atoms with Gasteiger partial charge in [-0.3, -0.25) is 0 Å². The summed E-state index contributed by atoms with van der Waals surface area (Å²) in [7, 11) is 0. The van der Waals surface area contributed by atoms with E-state index in [1.54, 1.807) is 0 Å². The van der Waals surface area contributed by atoms with E-state index in [9.17, 15) is 0 Å². The Labute approximate surface area is 86.2 Å². The Morgan fingerprint density at radius 3 is 1.09 bits per heavy atom. The van der Waals surface area contributed by atoms with Crippen molar-refractivity contribution in [2.24, 2.45) is 0 Å². The van der Waals surface area contributed by atoms with Crippen LogP contribution in [0.2, 0.25) is 0 Å². The fraction of sp³-hybridized carbons (Fsp3) is 0.750. The molecule has 0 aliphatic carbocycles. The third kappa shape index (κ3) is 36.7. The van der Waals surface area contributed by atoms with Crippen LogP contribution in [0.5, 0.6) is 0 Å². The van der Waals surface area contributed by atoms with E-state index in [4.69, 9.17) is 10.2 Å². The van der Waals surface area contributed by atoms with Crippen molar-refractivity contribution < 1.29 is 10.2 Å². The predicted molar refractivity (Wildman–Crippen MR) is 49.1 cm³/mol. The molecule has 2 nitrogen and oxygen atoms in total. The zero-order valence-electron chi connectivity index (χ0n) is 7.26. The molecule has 3 heteroatoms. The van der Waals surface area contributed by atoms with E-state index in [0.29, 0.717) is 0 Å². The van der Waals surface area contributed by atoms with Gasteiger partial charge in [-0.15, -0.1) is 0 Å². The van der Waals surface area contributed by atoms with Crippen LogP contribution in [-0.2, 0) is 0 Å². The van der Waals surface area contributed by atoms with Crippen LogP contribution in [-0.4, -0.2) is 46.5 Å². The third-order valence-corrected chi connectivity index (χ3v) is 0.816. The van der Waals surface area contributed by atoms with Gasteiger partial charge in [0.2, 0.25) is 0 Å². The quantitative estimate of drug-likeness (QED) is 0.484. The SMILES string of the molecule is [CH2-]CCCO.[CH2-]CCCO.[Mg+2]. The minimum Gasteiger partial charge on any atom is -0.396 e. The van der Waals surface area contributed by atoms with Gasteiger partial charge in [0.25, 0.3) is 0 Å². The first-order valence-electron chi connectivity index (χ1n) is 3.63. The molecule has 0 bridgehead atoms. The van der Waals surface area contributed by atoms with E-state index >= 15 is 0 Å². The first-order valence-corrected chi connectivity index (χ1v) is 3.63. The van der Waals surface area contributed by atoms with Crippen LogP contribution < -0.4 is 0 Å². The maximum Gasteiger partial charge on any atom is 2.00 e. The zero-order chi connectivity index (χ0) is 8.24. The number of aliphatic hydroxyl groups is 2. The van der Waals surface area contributed by atoms with Gasteiger partial charge in [-0.05, 0) is 0 Å². The van der Waals surface area contributed by atoms with E-state index in [1.165, 1.54) is 0 Å². The maximum absolute atomic E-state index is 8.03. The van der Waals surface area contributed by atoms with Crippen LogP contribution in [0.15, 0.2) is 0 Å². The van der Waals surface area contributed by atoms with Crippen molar-refractivity contribution in [3.8, 4) is 0 Å². The van der Waals surface area contributed by atoms with E-state index in [-0.39, 0.29) is 36.3 Å². The molecule has 0 atom stereocenters. The summed E-state index contributed by atoms with van der Waals surface area (Å²) in [6.45, 7) is 7.59.